The molecule has 0 spiro atoms. The topological polar surface area (TPSA) is 111 Å². The standard InChI is InChI=1S/C12H10N4O4/c17-11(18)5-2-6-15-8-13-12(14-15)9-3-1-4-10(7-9)16(19)20/h1-5,7-8H,6H2,(H,17,18)/b5-2+. The molecule has 0 amide bonds. The van der Waals surface area contributed by atoms with Gasteiger partial charge in [-0.25, -0.2) is 14.5 Å². The van der Waals surface area contributed by atoms with Gasteiger partial charge in [-0.2, -0.15) is 5.10 Å². The van der Waals surface area contributed by atoms with Crippen LogP contribution in [-0.4, -0.2) is 30.8 Å². The molecule has 2 rings (SSSR count). The van der Waals surface area contributed by atoms with E-state index in [2.05, 4.69) is 10.1 Å². The summed E-state index contributed by atoms with van der Waals surface area (Å²) in [6, 6.07) is 5.99. The van der Waals surface area contributed by atoms with E-state index in [1.165, 1.54) is 29.2 Å². The highest BCUT2D eigenvalue weighted by molar-refractivity contribution is 5.79. The normalized spacial score (nSPS) is 10.8. The lowest BCUT2D eigenvalue weighted by molar-refractivity contribution is -0.384. The Hall–Kier alpha value is -3.03. The van der Waals surface area contributed by atoms with Gasteiger partial charge >= 0.3 is 5.97 Å². The minimum Gasteiger partial charge on any atom is -0.478 e. The summed E-state index contributed by atoms with van der Waals surface area (Å²) in [5.41, 5.74) is 0.491. The van der Waals surface area contributed by atoms with E-state index < -0.39 is 10.9 Å². The first kappa shape index (κ1) is 13.4. The van der Waals surface area contributed by atoms with Gasteiger partial charge < -0.3 is 5.11 Å². The van der Waals surface area contributed by atoms with Crippen LogP contribution in [0.15, 0.2) is 42.7 Å². The molecule has 0 unspecified atom stereocenters. The first-order valence-corrected chi connectivity index (χ1v) is 5.60. The van der Waals surface area contributed by atoms with Gasteiger partial charge in [-0.3, -0.25) is 10.1 Å². The fraction of sp³-hybridized carbons (Fsp3) is 0.0833. The van der Waals surface area contributed by atoms with Gasteiger partial charge in [0.05, 0.1) is 11.5 Å². The Kier molecular flexibility index (Phi) is 3.85. The number of rotatable bonds is 5. The van der Waals surface area contributed by atoms with Crippen molar-refractivity contribution in [2.45, 2.75) is 6.54 Å². The Morgan fingerprint density at radius 2 is 2.30 bits per heavy atom. The van der Waals surface area contributed by atoms with Gasteiger partial charge in [0.25, 0.3) is 5.69 Å². The van der Waals surface area contributed by atoms with Crippen molar-refractivity contribution in [3.8, 4) is 11.4 Å². The molecule has 0 radical (unpaired) electrons. The highest BCUT2D eigenvalue weighted by Gasteiger charge is 2.09. The van der Waals surface area contributed by atoms with Gasteiger partial charge in [0.15, 0.2) is 5.82 Å². The molecule has 0 bridgehead atoms. The van der Waals surface area contributed by atoms with Crippen molar-refractivity contribution in [3.05, 3.63) is 52.9 Å². The maximum Gasteiger partial charge on any atom is 0.328 e. The summed E-state index contributed by atoms with van der Waals surface area (Å²) in [4.78, 5) is 24.6. The third-order valence-electron chi connectivity index (χ3n) is 2.40. The number of nitrogens with zero attached hydrogens (tertiary/aromatic N) is 4. The summed E-state index contributed by atoms with van der Waals surface area (Å²) in [6.45, 7) is 0.258. The van der Waals surface area contributed by atoms with Crippen LogP contribution < -0.4 is 0 Å². The molecule has 0 atom stereocenters. The van der Waals surface area contributed by atoms with Crippen LogP contribution in [0.25, 0.3) is 11.4 Å². The van der Waals surface area contributed by atoms with E-state index in [0.717, 1.165) is 6.08 Å². The highest BCUT2D eigenvalue weighted by atomic mass is 16.6. The van der Waals surface area contributed by atoms with E-state index in [-0.39, 0.29) is 12.2 Å². The molecule has 0 fully saturated rings. The molecule has 1 heterocycles. The number of benzene rings is 1. The summed E-state index contributed by atoms with van der Waals surface area (Å²) in [5.74, 6) is -0.693. The smallest absolute Gasteiger partial charge is 0.328 e. The molecule has 0 aliphatic heterocycles. The van der Waals surface area contributed by atoms with Crippen LogP contribution in [0.4, 0.5) is 5.69 Å². The van der Waals surface area contributed by atoms with Crippen molar-refractivity contribution in [2.24, 2.45) is 0 Å². The molecule has 1 N–H and O–H groups in total. The van der Waals surface area contributed by atoms with Crippen LogP contribution in [0, 0.1) is 10.1 Å². The zero-order valence-electron chi connectivity index (χ0n) is 10.2. The second-order valence-corrected chi connectivity index (χ2v) is 3.84. The number of allylic oxidation sites excluding steroid dienone is 1. The molecule has 102 valence electrons. The van der Waals surface area contributed by atoms with Gasteiger partial charge in [-0.05, 0) is 0 Å². The molecule has 8 nitrogen and oxygen atoms in total. The Morgan fingerprint density at radius 3 is 3.00 bits per heavy atom. The summed E-state index contributed by atoms with van der Waals surface area (Å²) in [5, 5.41) is 23.3. The minimum absolute atomic E-state index is 0.0374. The first-order valence-electron chi connectivity index (χ1n) is 5.60. The minimum atomic E-state index is -1.04. The average Bonchev–Trinajstić information content (AvgIpc) is 2.87. The maximum absolute atomic E-state index is 10.7. The average molecular weight is 274 g/mol. The SMILES string of the molecule is O=C(O)/C=C/Cn1cnc(-c2cccc([N+](=O)[O-])c2)n1. The second kappa shape index (κ2) is 5.74. The maximum atomic E-state index is 10.7. The number of hydrogen-bond acceptors (Lipinski definition) is 5. The number of carboxylic acids is 1. The van der Waals surface area contributed by atoms with Gasteiger partial charge in [0.1, 0.15) is 6.33 Å². The van der Waals surface area contributed by atoms with E-state index in [1.807, 2.05) is 0 Å². The lowest BCUT2D eigenvalue weighted by Crippen LogP contribution is -1.97. The lowest BCUT2D eigenvalue weighted by atomic mass is 10.2. The molecule has 20 heavy (non-hydrogen) atoms. The van der Waals surface area contributed by atoms with Crippen molar-refractivity contribution in [3.63, 3.8) is 0 Å². The van der Waals surface area contributed by atoms with Crippen LogP contribution in [0.1, 0.15) is 0 Å². The number of hydrogen-bond donors (Lipinski definition) is 1. The van der Waals surface area contributed by atoms with Gasteiger partial charge in [0.2, 0.25) is 0 Å². The second-order valence-electron chi connectivity index (χ2n) is 3.84. The zero-order valence-corrected chi connectivity index (χ0v) is 10.2. The highest BCUT2D eigenvalue weighted by Crippen LogP contribution is 2.20. The third-order valence-corrected chi connectivity index (χ3v) is 2.40. The molecule has 2 aromatic rings. The van der Waals surface area contributed by atoms with Crippen molar-refractivity contribution in [1.29, 1.82) is 0 Å². The van der Waals surface area contributed by atoms with Crippen molar-refractivity contribution in [1.82, 2.24) is 14.8 Å². The number of carbonyl (C=O) groups is 1. The molecule has 0 saturated heterocycles. The summed E-state index contributed by atoms with van der Waals surface area (Å²) >= 11 is 0. The molecule has 0 aliphatic rings. The van der Waals surface area contributed by atoms with Crippen LogP contribution in [-0.2, 0) is 11.3 Å². The monoisotopic (exact) mass is 274 g/mol. The number of nitro groups is 1. The van der Waals surface area contributed by atoms with E-state index in [9.17, 15) is 14.9 Å². The third kappa shape index (κ3) is 3.25. The quantitative estimate of drug-likeness (QED) is 0.502. The Balaban J connectivity index is 2.18. The van der Waals surface area contributed by atoms with Crippen LogP contribution in [0.5, 0.6) is 0 Å². The zero-order chi connectivity index (χ0) is 14.5. The first-order chi connectivity index (χ1) is 9.56. The predicted molar refractivity (Wildman–Crippen MR) is 68.9 cm³/mol. The van der Waals surface area contributed by atoms with Crippen molar-refractivity contribution >= 4 is 11.7 Å². The van der Waals surface area contributed by atoms with Gasteiger partial charge in [0, 0.05) is 23.8 Å². The Morgan fingerprint density at radius 1 is 1.50 bits per heavy atom. The van der Waals surface area contributed by atoms with E-state index in [4.69, 9.17) is 5.11 Å². The Bertz CT molecular complexity index is 678. The van der Waals surface area contributed by atoms with E-state index in [0.29, 0.717) is 11.4 Å². The number of carboxylic acid groups (broad SMARTS) is 1. The van der Waals surface area contributed by atoms with E-state index >= 15 is 0 Å². The fourth-order valence-electron chi connectivity index (χ4n) is 1.53. The fourth-order valence-corrected chi connectivity index (χ4v) is 1.53. The molecule has 1 aromatic heterocycles. The molecular weight excluding hydrogens is 264 g/mol. The Labute approximate surface area is 113 Å². The van der Waals surface area contributed by atoms with Crippen molar-refractivity contribution in [2.75, 3.05) is 0 Å². The predicted octanol–water partition coefficient (Wildman–Crippen LogP) is 1.49. The summed E-state index contributed by atoms with van der Waals surface area (Å²) in [6.07, 6.45) is 3.86. The van der Waals surface area contributed by atoms with Crippen molar-refractivity contribution < 1.29 is 14.8 Å². The lowest BCUT2D eigenvalue weighted by Gasteiger charge is -1.96. The van der Waals surface area contributed by atoms with Crippen LogP contribution >= 0.6 is 0 Å². The molecule has 0 saturated carbocycles. The van der Waals surface area contributed by atoms with Crippen LogP contribution in [0.2, 0.25) is 0 Å². The number of non-ortho nitro benzene ring substituents is 1. The number of nitro benzene ring substituents is 1. The summed E-state index contributed by atoms with van der Waals surface area (Å²) in [7, 11) is 0. The summed E-state index contributed by atoms with van der Waals surface area (Å²) < 4.78 is 1.44. The van der Waals surface area contributed by atoms with Crippen LogP contribution in [0.3, 0.4) is 0 Å². The molecule has 1 aromatic carbocycles. The molecule has 0 aliphatic carbocycles. The number of aromatic nitrogens is 3. The molecular formula is C12H10N4O4. The molecule has 8 heteroatoms. The van der Waals surface area contributed by atoms with E-state index in [1.54, 1.807) is 12.1 Å². The van der Waals surface area contributed by atoms with Gasteiger partial charge in [-0.15, -0.1) is 0 Å². The number of aliphatic carboxylic acids is 1. The van der Waals surface area contributed by atoms with Gasteiger partial charge in [-0.1, -0.05) is 18.2 Å². The largest absolute Gasteiger partial charge is 0.478 e.